The second-order valence-corrected chi connectivity index (χ2v) is 8.41. The molecule has 1 aromatic carbocycles. The molecule has 1 amide bonds. The normalized spacial score (nSPS) is 14.4. The van der Waals surface area contributed by atoms with Gasteiger partial charge in [0, 0.05) is 56.1 Å². The molecule has 1 aliphatic heterocycles. The Balaban J connectivity index is 0.00000141. The summed E-state index contributed by atoms with van der Waals surface area (Å²) in [6.07, 6.45) is 5.04. The summed E-state index contributed by atoms with van der Waals surface area (Å²) in [7, 11) is 2.14. The fraction of sp³-hybridized carbons (Fsp3) is 0.308. The van der Waals surface area contributed by atoms with E-state index in [1.54, 1.807) is 18.6 Å². The number of nitrogens with two attached hydrogens (primary N) is 1. The van der Waals surface area contributed by atoms with Crippen molar-refractivity contribution in [3.05, 3.63) is 66.4 Å². The molecule has 1 saturated heterocycles. The van der Waals surface area contributed by atoms with Crippen LogP contribution < -0.4 is 11.1 Å². The Labute approximate surface area is 205 Å². The highest BCUT2D eigenvalue weighted by molar-refractivity contribution is 6.11. The number of likely N-dealkylation sites (N-methyl/N-ethyl adjacent to an activating group) is 1. The van der Waals surface area contributed by atoms with Crippen molar-refractivity contribution in [2.45, 2.75) is 20.4 Å². The van der Waals surface area contributed by atoms with Crippen LogP contribution in [-0.4, -0.2) is 69.1 Å². The van der Waals surface area contributed by atoms with E-state index in [0.29, 0.717) is 17.1 Å². The van der Waals surface area contributed by atoms with Crippen LogP contribution in [0.25, 0.3) is 22.0 Å². The minimum Gasteiger partial charge on any atom is -0.397 e. The Morgan fingerprint density at radius 1 is 1.03 bits per heavy atom. The first-order chi connectivity index (χ1) is 17.0. The van der Waals surface area contributed by atoms with Crippen LogP contribution in [0.3, 0.4) is 0 Å². The average Bonchev–Trinajstić information content (AvgIpc) is 3.31. The van der Waals surface area contributed by atoms with E-state index in [-0.39, 0.29) is 5.91 Å². The summed E-state index contributed by atoms with van der Waals surface area (Å²) < 4.78 is 0. The van der Waals surface area contributed by atoms with Gasteiger partial charge >= 0.3 is 0 Å². The summed E-state index contributed by atoms with van der Waals surface area (Å²) in [6.45, 7) is 9.03. The molecule has 1 aliphatic rings. The minimum atomic E-state index is -0.294. The van der Waals surface area contributed by atoms with Crippen LogP contribution >= 0.6 is 0 Å². The number of carbonyl (C=O) groups excluding carboxylic acids is 1. The van der Waals surface area contributed by atoms with Gasteiger partial charge in [0.25, 0.3) is 5.91 Å². The highest BCUT2D eigenvalue weighted by Crippen LogP contribution is 2.26. The first kappa shape index (κ1) is 24.3. The second kappa shape index (κ2) is 11.1. The second-order valence-electron chi connectivity index (χ2n) is 8.41. The third-order valence-corrected chi connectivity index (χ3v) is 5.93. The number of carbonyl (C=O) groups is 1. The fourth-order valence-corrected chi connectivity index (χ4v) is 4.00. The third kappa shape index (κ3) is 5.82. The maximum atomic E-state index is 13.0. The maximum Gasteiger partial charge on any atom is 0.276 e. The van der Waals surface area contributed by atoms with Gasteiger partial charge in [-0.1, -0.05) is 19.9 Å². The molecule has 4 aromatic rings. The summed E-state index contributed by atoms with van der Waals surface area (Å²) in [6, 6.07) is 11.5. The third-order valence-electron chi connectivity index (χ3n) is 5.93. The molecule has 0 aliphatic carbocycles. The Morgan fingerprint density at radius 2 is 1.83 bits per heavy atom. The number of rotatable bonds is 5. The first-order valence-corrected chi connectivity index (χ1v) is 11.9. The van der Waals surface area contributed by atoms with Crippen molar-refractivity contribution in [1.29, 1.82) is 0 Å². The zero-order chi connectivity index (χ0) is 24.8. The van der Waals surface area contributed by atoms with Crippen LogP contribution in [0.2, 0.25) is 0 Å². The van der Waals surface area contributed by atoms with Crippen molar-refractivity contribution < 1.29 is 4.79 Å². The Kier molecular flexibility index (Phi) is 7.69. The van der Waals surface area contributed by atoms with E-state index in [9.17, 15) is 4.79 Å². The van der Waals surface area contributed by atoms with Crippen LogP contribution in [0.15, 0.2) is 55.0 Å². The van der Waals surface area contributed by atoms with Gasteiger partial charge in [0.1, 0.15) is 0 Å². The molecule has 9 nitrogen and oxygen atoms in total. The fourth-order valence-electron chi connectivity index (χ4n) is 4.00. The van der Waals surface area contributed by atoms with Gasteiger partial charge in [-0.2, -0.15) is 5.10 Å². The number of piperazine rings is 1. The molecule has 182 valence electrons. The average molecular weight is 473 g/mol. The number of fused-ring (bicyclic) bond motifs is 1. The number of anilines is 2. The van der Waals surface area contributed by atoms with E-state index in [1.807, 2.05) is 50.2 Å². The van der Waals surface area contributed by atoms with Crippen LogP contribution in [0.5, 0.6) is 0 Å². The Bertz CT molecular complexity index is 1280. The van der Waals surface area contributed by atoms with Gasteiger partial charge in [-0.05, 0) is 42.9 Å². The number of benzene rings is 1. The summed E-state index contributed by atoms with van der Waals surface area (Å²) in [5.41, 5.74) is 11.0. The largest absolute Gasteiger partial charge is 0.397 e. The van der Waals surface area contributed by atoms with E-state index in [4.69, 9.17) is 5.73 Å². The molecule has 1 fully saturated rings. The van der Waals surface area contributed by atoms with Gasteiger partial charge in [-0.3, -0.25) is 24.8 Å². The van der Waals surface area contributed by atoms with Crippen molar-refractivity contribution in [2.24, 2.45) is 0 Å². The van der Waals surface area contributed by atoms with Gasteiger partial charge in [0.2, 0.25) is 0 Å². The van der Waals surface area contributed by atoms with E-state index < -0.39 is 0 Å². The SMILES string of the molecule is CC.CN1CCN(Cc2ccc(NC(=O)c3n[nH]c4ccc(-c5cncc(N)c5)cc34)cn2)CC1. The van der Waals surface area contributed by atoms with Crippen molar-refractivity contribution in [2.75, 3.05) is 44.3 Å². The topological polar surface area (TPSA) is 116 Å². The van der Waals surface area contributed by atoms with Crippen LogP contribution in [0, 0.1) is 0 Å². The Hall–Kier alpha value is -3.82. The molecule has 3 aromatic heterocycles. The number of pyridine rings is 2. The number of amides is 1. The molecular weight excluding hydrogens is 440 g/mol. The van der Waals surface area contributed by atoms with Gasteiger partial charge in [-0.25, -0.2) is 0 Å². The lowest BCUT2D eigenvalue weighted by atomic mass is 10.0. The van der Waals surface area contributed by atoms with Crippen molar-refractivity contribution in [3.63, 3.8) is 0 Å². The molecular formula is C26H32N8O. The number of aromatic nitrogens is 4. The molecule has 0 spiro atoms. The van der Waals surface area contributed by atoms with Gasteiger partial charge in [0.15, 0.2) is 5.69 Å². The number of nitrogens with one attached hydrogen (secondary N) is 2. The molecule has 0 bridgehead atoms. The van der Waals surface area contributed by atoms with Crippen LogP contribution in [-0.2, 0) is 6.54 Å². The number of aromatic amines is 1. The van der Waals surface area contributed by atoms with E-state index >= 15 is 0 Å². The summed E-state index contributed by atoms with van der Waals surface area (Å²) in [4.78, 5) is 26.4. The van der Waals surface area contributed by atoms with Gasteiger partial charge in [-0.15, -0.1) is 0 Å². The van der Waals surface area contributed by atoms with Crippen LogP contribution in [0.4, 0.5) is 11.4 Å². The van der Waals surface area contributed by atoms with Crippen molar-refractivity contribution >= 4 is 28.2 Å². The zero-order valence-corrected chi connectivity index (χ0v) is 20.5. The number of nitrogen functional groups attached to an aromatic ring is 1. The molecule has 0 radical (unpaired) electrons. The molecule has 0 saturated carbocycles. The summed E-state index contributed by atoms with van der Waals surface area (Å²) in [5, 5.41) is 10.8. The molecule has 5 rings (SSSR count). The van der Waals surface area contributed by atoms with Crippen LogP contribution in [0.1, 0.15) is 30.0 Å². The van der Waals surface area contributed by atoms with Crippen molar-refractivity contribution in [1.82, 2.24) is 30.0 Å². The summed E-state index contributed by atoms with van der Waals surface area (Å²) >= 11 is 0. The predicted octanol–water partition coefficient (Wildman–Crippen LogP) is 3.63. The lowest BCUT2D eigenvalue weighted by Gasteiger charge is -2.32. The molecule has 4 N–H and O–H groups in total. The first-order valence-electron chi connectivity index (χ1n) is 11.9. The van der Waals surface area contributed by atoms with E-state index in [1.165, 1.54) is 0 Å². The Morgan fingerprint density at radius 3 is 2.54 bits per heavy atom. The lowest BCUT2D eigenvalue weighted by Crippen LogP contribution is -2.43. The molecule has 4 heterocycles. The number of hydrogen-bond acceptors (Lipinski definition) is 7. The molecule has 0 unspecified atom stereocenters. The number of H-pyrrole nitrogens is 1. The number of hydrogen-bond donors (Lipinski definition) is 3. The molecule has 9 heteroatoms. The monoisotopic (exact) mass is 472 g/mol. The zero-order valence-electron chi connectivity index (χ0n) is 20.5. The summed E-state index contributed by atoms with van der Waals surface area (Å²) in [5.74, 6) is -0.294. The molecule has 35 heavy (non-hydrogen) atoms. The predicted molar refractivity (Wildman–Crippen MR) is 140 cm³/mol. The standard InChI is InChI=1S/C24H26N8O.C2H6/c1-31-6-8-32(9-7-31)15-20-4-3-19(14-27-20)28-24(33)23-21-11-16(2-5-22(21)29-30-23)17-10-18(25)13-26-12-17;1-2/h2-5,10-14H,6-9,15,25H2,1H3,(H,28,33)(H,29,30);1-2H3. The van der Waals surface area contributed by atoms with E-state index in [0.717, 1.165) is 60.4 Å². The molecule has 0 atom stereocenters. The number of nitrogens with zero attached hydrogens (tertiary/aromatic N) is 5. The minimum absolute atomic E-state index is 0.294. The highest BCUT2D eigenvalue weighted by Gasteiger charge is 2.17. The quantitative estimate of drug-likeness (QED) is 0.406. The highest BCUT2D eigenvalue weighted by atomic mass is 16.1. The van der Waals surface area contributed by atoms with E-state index in [2.05, 4.69) is 42.3 Å². The lowest BCUT2D eigenvalue weighted by molar-refractivity contribution is 0.102. The van der Waals surface area contributed by atoms with Crippen molar-refractivity contribution in [3.8, 4) is 11.1 Å². The maximum absolute atomic E-state index is 13.0. The smallest absolute Gasteiger partial charge is 0.276 e. The van der Waals surface area contributed by atoms with Gasteiger partial charge in [0.05, 0.1) is 28.8 Å². The van der Waals surface area contributed by atoms with Gasteiger partial charge < -0.3 is 16.0 Å².